The molecule has 0 aromatic heterocycles. The lowest BCUT2D eigenvalue weighted by atomic mass is 10.1. The molecule has 2 rings (SSSR count). The molecule has 1 heterocycles. The average Bonchev–Trinajstić information content (AvgIpc) is 2.44. The van der Waals surface area contributed by atoms with Crippen LogP contribution >= 0.6 is 0 Å². The number of nitrogens with zero attached hydrogens (tertiary/aromatic N) is 1. The molecule has 0 bridgehead atoms. The van der Waals surface area contributed by atoms with Gasteiger partial charge in [-0.3, -0.25) is 0 Å². The van der Waals surface area contributed by atoms with Gasteiger partial charge >= 0.3 is 0 Å². The van der Waals surface area contributed by atoms with E-state index in [0.29, 0.717) is 19.8 Å². The van der Waals surface area contributed by atoms with Crippen LogP contribution in [0.3, 0.4) is 0 Å². The van der Waals surface area contributed by atoms with E-state index in [1.54, 1.807) is 7.11 Å². The number of likely N-dealkylation sites (N-methyl/N-ethyl adjacent to an activating group) is 1. The van der Waals surface area contributed by atoms with Crippen molar-refractivity contribution in [2.45, 2.75) is 6.04 Å². The van der Waals surface area contributed by atoms with Gasteiger partial charge in [0.05, 0.1) is 6.61 Å². The van der Waals surface area contributed by atoms with Gasteiger partial charge in [-0.2, -0.15) is 0 Å². The number of fused-ring (bicyclic) bond motifs is 1. The van der Waals surface area contributed by atoms with Crippen molar-refractivity contribution < 1.29 is 14.2 Å². The number of nitrogens with two attached hydrogens (primary N) is 1. The monoisotopic (exact) mass is 266 g/mol. The predicted molar refractivity (Wildman–Crippen MR) is 73.7 cm³/mol. The second-order valence-corrected chi connectivity index (χ2v) is 4.76. The summed E-state index contributed by atoms with van der Waals surface area (Å²) in [6, 6.07) is 5.86. The SMILES string of the molecule is COCCN(C)CC(N)c1ccc2c(c1)OCCO2. The highest BCUT2D eigenvalue weighted by Crippen LogP contribution is 2.32. The van der Waals surface area contributed by atoms with Crippen LogP contribution in [0.2, 0.25) is 0 Å². The van der Waals surface area contributed by atoms with Gasteiger partial charge in [0.25, 0.3) is 0 Å². The van der Waals surface area contributed by atoms with Crippen LogP contribution < -0.4 is 15.2 Å². The minimum absolute atomic E-state index is 0.0438. The van der Waals surface area contributed by atoms with Gasteiger partial charge in [0, 0.05) is 26.2 Å². The summed E-state index contributed by atoms with van der Waals surface area (Å²) in [6.45, 7) is 3.57. The van der Waals surface area contributed by atoms with Crippen molar-refractivity contribution in [1.29, 1.82) is 0 Å². The molecule has 0 aliphatic carbocycles. The fraction of sp³-hybridized carbons (Fsp3) is 0.571. The average molecular weight is 266 g/mol. The van der Waals surface area contributed by atoms with Crippen LogP contribution in [0.5, 0.6) is 11.5 Å². The third-order valence-corrected chi connectivity index (χ3v) is 3.18. The minimum Gasteiger partial charge on any atom is -0.486 e. The highest BCUT2D eigenvalue weighted by Gasteiger charge is 2.15. The molecule has 5 heteroatoms. The first-order valence-corrected chi connectivity index (χ1v) is 6.53. The van der Waals surface area contributed by atoms with Crippen molar-refractivity contribution in [3.05, 3.63) is 23.8 Å². The third kappa shape index (κ3) is 3.83. The Balaban J connectivity index is 1.97. The predicted octanol–water partition coefficient (Wildman–Crippen LogP) is 1.04. The fourth-order valence-corrected chi connectivity index (χ4v) is 2.07. The van der Waals surface area contributed by atoms with Crippen LogP contribution in [0, 0.1) is 0 Å². The van der Waals surface area contributed by atoms with Crippen molar-refractivity contribution in [2.75, 3.05) is 47.1 Å². The third-order valence-electron chi connectivity index (χ3n) is 3.18. The second-order valence-electron chi connectivity index (χ2n) is 4.76. The van der Waals surface area contributed by atoms with Gasteiger partial charge < -0.3 is 24.8 Å². The summed E-state index contributed by atoms with van der Waals surface area (Å²) in [7, 11) is 3.74. The van der Waals surface area contributed by atoms with Crippen LogP contribution in [-0.2, 0) is 4.74 Å². The molecule has 2 N–H and O–H groups in total. The Morgan fingerprint density at radius 3 is 2.79 bits per heavy atom. The first-order valence-electron chi connectivity index (χ1n) is 6.53. The van der Waals surface area contributed by atoms with E-state index in [1.807, 2.05) is 25.2 Å². The molecule has 1 unspecified atom stereocenters. The Kier molecular flexibility index (Phi) is 5.01. The maximum absolute atomic E-state index is 6.22. The molecule has 5 nitrogen and oxygen atoms in total. The second kappa shape index (κ2) is 6.75. The van der Waals surface area contributed by atoms with Gasteiger partial charge in [0.1, 0.15) is 13.2 Å². The van der Waals surface area contributed by atoms with Crippen molar-refractivity contribution >= 4 is 0 Å². The molecular weight excluding hydrogens is 244 g/mol. The summed E-state index contributed by atoms with van der Waals surface area (Å²) >= 11 is 0. The standard InChI is InChI=1S/C14H22N2O3/c1-16(5-6-17-2)10-12(15)11-3-4-13-14(9-11)19-8-7-18-13/h3-4,9,12H,5-8,10,15H2,1-2H3. The zero-order chi connectivity index (χ0) is 13.7. The highest BCUT2D eigenvalue weighted by atomic mass is 16.6. The number of benzene rings is 1. The summed E-state index contributed by atoms with van der Waals surface area (Å²) in [5.41, 5.74) is 7.29. The Morgan fingerprint density at radius 1 is 1.32 bits per heavy atom. The van der Waals surface area contributed by atoms with E-state index < -0.39 is 0 Å². The van der Waals surface area contributed by atoms with E-state index in [2.05, 4.69) is 4.90 Å². The van der Waals surface area contributed by atoms with Crippen LogP contribution in [0.4, 0.5) is 0 Å². The Bertz CT molecular complexity index is 412. The molecule has 19 heavy (non-hydrogen) atoms. The molecule has 1 atom stereocenters. The molecule has 1 aromatic carbocycles. The first-order chi connectivity index (χ1) is 9.20. The summed E-state index contributed by atoms with van der Waals surface area (Å²) in [4.78, 5) is 2.16. The zero-order valence-electron chi connectivity index (χ0n) is 11.6. The molecule has 0 saturated carbocycles. The van der Waals surface area contributed by atoms with Gasteiger partial charge in [-0.15, -0.1) is 0 Å². The van der Waals surface area contributed by atoms with Gasteiger partial charge in [0.15, 0.2) is 11.5 Å². The van der Waals surface area contributed by atoms with Gasteiger partial charge in [-0.25, -0.2) is 0 Å². The van der Waals surface area contributed by atoms with Crippen LogP contribution in [0.15, 0.2) is 18.2 Å². The highest BCUT2D eigenvalue weighted by molar-refractivity contribution is 5.44. The van der Waals surface area contributed by atoms with E-state index in [-0.39, 0.29) is 6.04 Å². The molecule has 0 fully saturated rings. The smallest absolute Gasteiger partial charge is 0.161 e. The normalized spacial score (nSPS) is 15.6. The molecular formula is C14H22N2O3. The van der Waals surface area contributed by atoms with Crippen molar-refractivity contribution in [3.8, 4) is 11.5 Å². The molecule has 0 saturated heterocycles. The molecule has 1 aromatic rings. The maximum atomic E-state index is 6.22. The van der Waals surface area contributed by atoms with Crippen LogP contribution in [0.25, 0.3) is 0 Å². The molecule has 0 spiro atoms. The summed E-state index contributed by atoms with van der Waals surface area (Å²) < 4.78 is 16.1. The van der Waals surface area contributed by atoms with Crippen LogP contribution in [0.1, 0.15) is 11.6 Å². The molecule has 0 amide bonds. The van der Waals surface area contributed by atoms with E-state index in [1.165, 1.54) is 0 Å². The van der Waals surface area contributed by atoms with E-state index in [0.717, 1.165) is 30.2 Å². The summed E-state index contributed by atoms with van der Waals surface area (Å²) in [5, 5.41) is 0. The molecule has 106 valence electrons. The van der Waals surface area contributed by atoms with E-state index in [4.69, 9.17) is 19.9 Å². The van der Waals surface area contributed by atoms with Gasteiger partial charge in [-0.05, 0) is 24.7 Å². The number of hydrogen-bond donors (Lipinski definition) is 1. The lowest BCUT2D eigenvalue weighted by molar-refractivity contribution is 0.158. The number of ether oxygens (including phenoxy) is 3. The summed E-state index contributed by atoms with van der Waals surface area (Å²) in [5.74, 6) is 1.59. The Morgan fingerprint density at radius 2 is 2.05 bits per heavy atom. The lowest BCUT2D eigenvalue weighted by Crippen LogP contribution is -2.31. The maximum Gasteiger partial charge on any atom is 0.161 e. The quantitative estimate of drug-likeness (QED) is 0.833. The summed E-state index contributed by atoms with van der Waals surface area (Å²) in [6.07, 6.45) is 0. The first kappa shape index (κ1) is 14.1. The van der Waals surface area contributed by atoms with Crippen LogP contribution in [-0.4, -0.2) is 52.0 Å². The molecule has 0 radical (unpaired) electrons. The lowest BCUT2D eigenvalue weighted by Gasteiger charge is -2.23. The Hall–Kier alpha value is -1.30. The molecule has 1 aliphatic heterocycles. The minimum atomic E-state index is -0.0438. The van der Waals surface area contributed by atoms with Crippen molar-refractivity contribution in [1.82, 2.24) is 4.90 Å². The topological polar surface area (TPSA) is 57.0 Å². The number of hydrogen-bond acceptors (Lipinski definition) is 5. The Labute approximate surface area is 114 Å². The van der Waals surface area contributed by atoms with Gasteiger partial charge in [0.2, 0.25) is 0 Å². The van der Waals surface area contributed by atoms with E-state index in [9.17, 15) is 0 Å². The fourth-order valence-electron chi connectivity index (χ4n) is 2.07. The van der Waals surface area contributed by atoms with Crippen molar-refractivity contribution in [3.63, 3.8) is 0 Å². The molecule has 1 aliphatic rings. The largest absolute Gasteiger partial charge is 0.486 e. The van der Waals surface area contributed by atoms with Crippen molar-refractivity contribution in [2.24, 2.45) is 5.73 Å². The number of methoxy groups -OCH3 is 1. The van der Waals surface area contributed by atoms with Gasteiger partial charge in [-0.1, -0.05) is 6.07 Å². The number of rotatable bonds is 6. The zero-order valence-corrected chi connectivity index (χ0v) is 11.6. The van der Waals surface area contributed by atoms with E-state index >= 15 is 0 Å².